The second-order valence-corrected chi connectivity index (χ2v) is 7.81. The maximum atomic E-state index is 9.47. The monoisotopic (exact) mass is 384 g/mol. The molecular weight excluding hydrogens is 356 g/mol. The number of hydrogen-bond acceptors (Lipinski definition) is 3. The second-order valence-electron chi connectivity index (χ2n) is 7.81. The molecule has 0 aromatic heterocycles. The van der Waals surface area contributed by atoms with E-state index >= 15 is 0 Å². The lowest BCUT2D eigenvalue weighted by Gasteiger charge is -2.25. The van der Waals surface area contributed by atoms with Gasteiger partial charge in [-0.3, -0.25) is 0 Å². The minimum atomic E-state index is -0.652. The van der Waals surface area contributed by atoms with Crippen LogP contribution in [0, 0.1) is 22.7 Å². The molecule has 0 saturated carbocycles. The van der Waals surface area contributed by atoms with E-state index in [0.717, 1.165) is 11.1 Å². The van der Waals surface area contributed by atoms with Crippen LogP contribution < -0.4 is 0 Å². The Morgan fingerprint density at radius 2 is 0.931 bits per heavy atom. The zero-order valence-electron chi connectivity index (χ0n) is 17.6. The SMILES string of the molecule is C=C(C#N)[C@H](O[C@@H](C(=C)C#N)c1ccc(C(C)C)cc1)c1ccc(C(C)C)cc1. The van der Waals surface area contributed by atoms with Crippen molar-refractivity contribution in [3.63, 3.8) is 0 Å². The van der Waals surface area contributed by atoms with Crippen molar-refractivity contribution in [3.8, 4) is 12.1 Å². The van der Waals surface area contributed by atoms with E-state index in [9.17, 15) is 10.5 Å². The van der Waals surface area contributed by atoms with Crippen LogP contribution in [0.2, 0.25) is 0 Å². The Kier molecular flexibility index (Phi) is 7.54. The molecule has 0 saturated heterocycles. The maximum absolute atomic E-state index is 9.47. The Labute approximate surface area is 174 Å². The van der Waals surface area contributed by atoms with E-state index < -0.39 is 12.2 Å². The van der Waals surface area contributed by atoms with E-state index in [0.29, 0.717) is 11.8 Å². The minimum Gasteiger partial charge on any atom is -0.355 e. The van der Waals surface area contributed by atoms with Crippen molar-refractivity contribution in [3.05, 3.63) is 95.1 Å². The summed E-state index contributed by atoms with van der Waals surface area (Å²) in [5.74, 6) is 0.821. The van der Waals surface area contributed by atoms with Crippen molar-refractivity contribution in [2.75, 3.05) is 0 Å². The van der Waals surface area contributed by atoms with Crippen molar-refractivity contribution in [1.82, 2.24) is 0 Å². The van der Waals surface area contributed by atoms with E-state index in [1.165, 1.54) is 11.1 Å². The summed E-state index contributed by atoms with van der Waals surface area (Å²) in [4.78, 5) is 0. The van der Waals surface area contributed by atoms with Gasteiger partial charge in [-0.1, -0.05) is 89.4 Å². The highest BCUT2D eigenvalue weighted by atomic mass is 16.5. The van der Waals surface area contributed by atoms with Gasteiger partial charge in [0.1, 0.15) is 12.2 Å². The maximum Gasteiger partial charge on any atom is 0.118 e. The Morgan fingerprint density at radius 1 is 0.655 bits per heavy atom. The smallest absolute Gasteiger partial charge is 0.118 e. The predicted octanol–water partition coefficient (Wildman–Crippen LogP) is 6.89. The predicted molar refractivity (Wildman–Crippen MR) is 117 cm³/mol. The summed E-state index contributed by atoms with van der Waals surface area (Å²) in [6, 6.07) is 20.2. The normalized spacial score (nSPS) is 12.8. The molecule has 2 aromatic rings. The third kappa shape index (κ3) is 5.44. The Morgan fingerprint density at radius 3 is 1.17 bits per heavy atom. The number of nitrogens with zero attached hydrogens (tertiary/aromatic N) is 2. The van der Waals surface area contributed by atoms with Crippen molar-refractivity contribution in [2.24, 2.45) is 0 Å². The van der Waals surface area contributed by atoms with Crippen LogP contribution in [0.1, 0.15) is 74.0 Å². The standard InChI is InChI=1S/C26H28N2O/c1-17(2)21-7-11-23(12-8-21)25(19(5)15-27)29-26(20(6)16-28)24-13-9-22(10-14-24)18(3)4/h7-14,17-18,25-26H,5-6H2,1-4H3/t25-,26-/m0/s1. The van der Waals surface area contributed by atoms with E-state index in [4.69, 9.17) is 4.74 Å². The molecule has 0 heterocycles. The van der Waals surface area contributed by atoms with Crippen LogP contribution in [0.25, 0.3) is 0 Å². The third-order valence-electron chi connectivity index (χ3n) is 5.00. The Balaban J connectivity index is 2.41. The fraction of sp³-hybridized carbons (Fsp3) is 0.308. The molecule has 0 radical (unpaired) electrons. The molecule has 148 valence electrons. The minimum absolute atomic E-state index is 0.289. The number of ether oxygens (including phenoxy) is 1. The van der Waals surface area contributed by atoms with E-state index in [-0.39, 0.29) is 11.1 Å². The van der Waals surface area contributed by atoms with Gasteiger partial charge in [0, 0.05) is 0 Å². The van der Waals surface area contributed by atoms with Crippen molar-refractivity contribution >= 4 is 0 Å². The van der Waals surface area contributed by atoms with Gasteiger partial charge in [-0.05, 0) is 34.1 Å². The fourth-order valence-electron chi connectivity index (χ4n) is 3.09. The number of benzene rings is 2. The van der Waals surface area contributed by atoms with E-state index in [2.05, 4.69) is 53.0 Å². The molecule has 2 aromatic carbocycles. The van der Waals surface area contributed by atoms with Gasteiger partial charge in [-0.25, -0.2) is 0 Å². The molecule has 0 unspecified atom stereocenters. The summed E-state index contributed by atoms with van der Waals surface area (Å²) in [5.41, 5.74) is 4.65. The lowest BCUT2D eigenvalue weighted by Crippen LogP contribution is -2.13. The molecule has 3 heteroatoms. The lowest BCUT2D eigenvalue weighted by molar-refractivity contribution is 0.0315. The molecule has 3 nitrogen and oxygen atoms in total. The van der Waals surface area contributed by atoms with Crippen molar-refractivity contribution in [2.45, 2.75) is 51.7 Å². The molecule has 0 bridgehead atoms. The first-order chi connectivity index (χ1) is 13.8. The second kappa shape index (κ2) is 9.87. The van der Waals surface area contributed by atoms with Gasteiger partial charge in [0.15, 0.2) is 0 Å². The first kappa shape index (κ1) is 22.2. The van der Waals surface area contributed by atoms with Crippen LogP contribution in [0.3, 0.4) is 0 Å². The highest BCUT2D eigenvalue weighted by Gasteiger charge is 2.25. The average molecular weight is 385 g/mol. The van der Waals surface area contributed by atoms with Gasteiger partial charge in [0.25, 0.3) is 0 Å². The summed E-state index contributed by atoms with van der Waals surface area (Å²) in [5, 5.41) is 18.9. The molecule has 0 aliphatic heterocycles. The number of nitriles is 2. The zero-order chi connectivity index (χ0) is 21.6. The largest absolute Gasteiger partial charge is 0.355 e. The Hall–Kier alpha value is -3.14. The molecule has 29 heavy (non-hydrogen) atoms. The van der Waals surface area contributed by atoms with Gasteiger partial charge < -0.3 is 4.74 Å². The van der Waals surface area contributed by atoms with Crippen LogP contribution in [0.4, 0.5) is 0 Å². The first-order valence-electron chi connectivity index (χ1n) is 9.81. The molecule has 0 aliphatic carbocycles. The van der Waals surface area contributed by atoms with Crippen LogP contribution >= 0.6 is 0 Å². The summed E-state index contributed by atoms with van der Waals surface area (Å²) in [6.07, 6.45) is -1.30. The van der Waals surface area contributed by atoms with Crippen molar-refractivity contribution < 1.29 is 4.74 Å². The van der Waals surface area contributed by atoms with Crippen LogP contribution in [0.5, 0.6) is 0 Å². The molecule has 2 rings (SSSR count). The van der Waals surface area contributed by atoms with Gasteiger partial charge in [-0.15, -0.1) is 0 Å². The summed E-state index contributed by atoms with van der Waals surface area (Å²) in [7, 11) is 0. The third-order valence-corrected chi connectivity index (χ3v) is 5.00. The molecule has 0 fully saturated rings. The lowest BCUT2D eigenvalue weighted by atomic mass is 9.95. The topological polar surface area (TPSA) is 56.8 Å². The van der Waals surface area contributed by atoms with Gasteiger partial charge in [0.2, 0.25) is 0 Å². The van der Waals surface area contributed by atoms with Gasteiger partial charge in [-0.2, -0.15) is 10.5 Å². The molecule has 0 aliphatic rings. The molecule has 2 atom stereocenters. The van der Waals surface area contributed by atoms with E-state index in [1.807, 2.05) is 48.5 Å². The number of hydrogen-bond donors (Lipinski definition) is 0. The van der Waals surface area contributed by atoms with Crippen LogP contribution in [-0.2, 0) is 4.74 Å². The average Bonchev–Trinajstić information content (AvgIpc) is 2.73. The zero-order valence-corrected chi connectivity index (χ0v) is 17.6. The highest BCUT2D eigenvalue weighted by Crippen LogP contribution is 2.35. The molecular formula is C26H28N2O. The van der Waals surface area contributed by atoms with Crippen LogP contribution in [0.15, 0.2) is 72.8 Å². The van der Waals surface area contributed by atoms with Crippen molar-refractivity contribution in [1.29, 1.82) is 10.5 Å². The first-order valence-corrected chi connectivity index (χ1v) is 9.81. The Bertz CT molecular complexity index is 859. The van der Waals surface area contributed by atoms with E-state index in [1.54, 1.807) is 0 Å². The summed E-state index contributed by atoms with van der Waals surface area (Å²) in [6.45, 7) is 16.3. The van der Waals surface area contributed by atoms with Crippen LogP contribution in [-0.4, -0.2) is 0 Å². The van der Waals surface area contributed by atoms with Gasteiger partial charge >= 0.3 is 0 Å². The molecule has 0 N–H and O–H groups in total. The molecule has 0 spiro atoms. The van der Waals surface area contributed by atoms with Gasteiger partial charge in [0.05, 0.1) is 23.3 Å². The summed E-state index contributed by atoms with van der Waals surface area (Å²) < 4.78 is 6.28. The number of rotatable bonds is 8. The fourth-order valence-corrected chi connectivity index (χ4v) is 3.09. The quantitative estimate of drug-likeness (QED) is 0.465. The summed E-state index contributed by atoms with van der Waals surface area (Å²) >= 11 is 0. The highest BCUT2D eigenvalue weighted by molar-refractivity contribution is 5.38. The molecule has 0 amide bonds.